The average molecular weight is 823 g/mol. The largest absolute Gasteiger partial charge is 0.477 e. The molecule has 3 rings (SSSR count). The van der Waals surface area contributed by atoms with Crippen LogP contribution in [-0.2, 0) is 42.8 Å². The highest BCUT2D eigenvalue weighted by molar-refractivity contribution is 5.76. The fourth-order valence-electron chi connectivity index (χ4n) is 6.47. The third-order valence-electron chi connectivity index (χ3n) is 9.60. The van der Waals surface area contributed by atoms with Crippen LogP contribution in [0.3, 0.4) is 0 Å². The van der Waals surface area contributed by atoms with Crippen LogP contribution in [0.2, 0.25) is 0 Å². The molecule has 20 atom stereocenters. The van der Waals surface area contributed by atoms with Crippen molar-refractivity contribution in [3.05, 3.63) is 0 Å². The van der Waals surface area contributed by atoms with Crippen LogP contribution in [0.1, 0.15) is 27.2 Å². The maximum Gasteiger partial charge on any atom is 0.364 e. The maximum absolute atomic E-state index is 12.6. The molecule has 0 aromatic heterocycles. The lowest BCUT2D eigenvalue weighted by Crippen LogP contribution is -2.68. The van der Waals surface area contributed by atoms with Crippen LogP contribution in [0.25, 0.3) is 0 Å². The summed E-state index contributed by atoms with van der Waals surface area (Å²) in [6.45, 7) is -0.978. The highest BCUT2D eigenvalue weighted by atomic mass is 16.8. The molecule has 0 unspecified atom stereocenters. The maximum atomic E-state index is 12.6. The second kappa shape index (κ2) is 20.6. The van der Waals surface area contributed by atoms with Crippen molar-refractivity contribution in [2.45, 2.75) is 149 Å². The van der Waals surface area contributed by atoms with Crippen molar-refractivity contribution in [2.75, 3.05) is 26.4 Å². The van der Waals surface area contributed by atoms with E-state index in [-0.39, 0.29) is 0 Å². The molecule has 0 radical (unpaired) electrons. The molecule has 2 amide bonds. The molecule has 3 saturated heterocycles. The van der Waals surface area contributed by atoms with Crippen LogP contribution in [0.5, 0.6) is 0 Å². The van der Waals surface area contributed by atoms with E-state index in [0.29, 0.717) is 0 Å². The monoisotopic (exact) mass is 822 g/mol. The minimum Gasteiger partial charge on any atom is -0.477 e. The Morgan fingerprint density at radius 3 is 2.00 bits per heavy atom. The number of carboxylic acid groups (broad SMARTS) is 1. The summed E-state index contributed by atoms with van der Waals surface area (Å²) >= 11 is 0. The van der Waals surface area contributed by atoms with E-state index in [2.05, 4.69) is 10.6 Å². The molecule has 326 valence electrons. The van der Waals surface area contributed by atoms with E-state index >= 15 is 0 Å². The highest BCUT2D eigenvalue weighted by Crippen LogP contribution is 2.35. The molecule has 0 aromatic carbocycles. The molecule has 25 nitrogen and oxygen atoms in total. The molecule has 0 aliphatic carbocycles. The molecule has 3 aliphatic heterocycles. The number of carboxylic acids is 1. The minimum atomic E-state index is -2.98. The number of aliphatic carboxylic acids is 1. The summed E-state index contributed by atoms with van der Waals surface area (Å²) in [7, 11) is 0. The lowest BCUT2D eigenvalue weighted by atomic mass is 9.88. The molecule has 3 aliphatic rings. The van der Waals surface area contributed by atoms with Crippen molar-refractivity contribution in [1.82, 2.24) is 10.6 Å². The van der Waals surface area contributed by atoms with Gasteiger partial charge in [0.05, 0.1) is 50.7 Å². The summed E-state index contributed by atoms with van der Waals surface area (Å²) in [5.41, 5.74) is 0. The van der Waals surface area contributed by atoms with Gasteiger partial charge in [-0.1, -0.05) is 0 Å². The van der Waals surface area contributed by atoms with E-state index in [9.17, 15) is 85.9 Å². The van der Waals surface area contributed by atoms with Crippen LogP contribution in [0, 0.1) is 0 Å². The van der Waals surface area contributed by atoms with Gasteiger partial charge in [-0.05, 0) is 6.92 Å². The van der Waals surface area contributed by atoms with Crippen molar-refractivity contribution in [1.29, 1.82) is 0 Å². The molecular weight excluding hydrogens is 768 g/mol. The second-order valence-electron chi connectivity index (χ2n) is 13.8. The van der Waals surface area contributed by atoms with Gasteiger partial charge in [0.25, 0.3) is 5.79 Å². The summed E-state index contributed by atoms with van der Waals surface area (Å²) in [5, 5.41) is 151. The summed E-state index contributed by atoms with van der Waals surface area (Å²) in [4.78, 5) is 36.5. The van der Waals surface area contributed by atoms with Gasteiger partial charge in [0.2, 0.25) is 11.8 Å². The zero-order valence-electron chi connectivity index (χ0n) is 30.4. The molecule has 0 bridgehead atoms. The summed E-state index contributed by atoms with van der Waals surface area (Å²) in [6.07, 6.45) is -33.6. The standard InChI is InChI=1S/C31H54N2O23/c1-9-18(42)22(46)24(48)28(52-9)55-27-23(47)21(45)16(7-36)53-29(27)54-25(12(5-34)32-10(2)37)20(44)15(41)8-51-31(30(49)50)4-13(39)17(33-11(3)38)26(56-31)19(43)14(40)6-35/h9,12-29,34-36,39-48H,4-8H2,1-3H3,(H,32,37)(H,33,38)(H,49,50)/t9-,12+,13+,14-,15-,16-,17-,18+,19-,20+,21+,22+,23+,24-,25-,26-,27-,28-,29+,31-/m1/s1. The van der Waals surface area contributed by atoms with E-state index in [1.807, 2.05) is 0 Å². The first-order chi connectivity index (χ1) is 26.1. The number of nitrogens with one attached hydrogen (secondary N) is 2. The molecule has 0 spiro atoms. The van der Waals surface area contributed by atoms with Crippen molar-refractivity contribution in [3.8, 4) is 0 Å². The second-order valence-corrected chi connectivity index (χ2v) is 13.8. The van der Waals surface area contributed by atoms with Gasteiger partial charge in [0, 0.05) is 20.3 Å². The number of amides is 2. The number of hydrogen-bond acceptors (Lipinski definition) is 22. The van der Waals surface area contributed by atoms with Crippen LogP contribution in [0.4, 0.5) is 0 Å². The van der Waals surface area contributed by atoms with Crippen LogP contribution < -0.4 is 10.6 Å². The van der Waals surface area contributed by atoms with E-state index < -0.39 is 173 Å². The molecule has 25 heteroatoms. The third-order valence-corrected chi connectivity index (χ3v) is 9.60. The Bertz CT molecular complexity index is 1290. The summed E-state index contributed by atoms with van der Waals surface area (Å²) < 4.78 is 33.3. The Hall–Kier alpha value is -2.35. The molecule has 0 saturated carbocycles. The molecule has 3 fully saturated rings. The average Bonchev–Trinajstić information content (AvgIpc) is 3.15. The predicted molar refractivity (Wildman–Crippen MR) is 175 cm³/mol. The first-order valence-corrected chi connectivity index (χ1v) is 17.5. The number of rotatable bonds is 18. The van der Waals surface area contributed by atoms with E-state index in [4.69, 9.17) is 28.4 Å². The lowest BCUT2D eigenvalue weighted by molar-refractivity contribution is -0.373. The SMILES string of the molecule is CC(=O)N[C@H]1[C@H]([C@H](O)[C@H](O)CO)O[C@@](OC[C@@H](O)[C@H](O)[C@H](O[C@@H]2O[C@H](CO)[C@H](O)[C@H](O)[C@H]2O[C@H]2O[C@H](C)[C@H](O)[C@H](O)[C@H]2O)[C@H](CO)NC(C)=O)(C(=O)O)C[C@@H]1O. The smallest absolute Gasteiger partial charge is 0.364 e. The number of carbonyl (C=O) groups excluding carboxylic acids is 2. The third kappa shape index (κ3) is 11.0. The molecule has 16 N–H and O–H groups in total. The number of ether oxygens (including phenoxy) is 6. The van der Waals surface area contributed by atoms with Gasteiger partial charge >= 0.3 is 5.97 Å². The molecule has 56 heavy (non-hydrogen) atoms. The van der Waals surface area contributed by atoms with Gasteiger partial charge < -0.3 is 111 Å². The summed E-state index contributed by atoms with van der Waals surface area (Å²) in [5.74, 6) is -6.54. The van der Waals surface area contributed by atoms with Gasteiger partial charge in [-0.3, -0.25) is 9.59 Å². The highest BCUT2D eigenvalue weighted by Gasteiger charge is 2.57. The molecule has 0 aromatic rings. The molecular formula is C31H54N2O23. The van der Waals surface area contributed by atoms with Gasteiger partial charge in [-0.2, -0.15) is 0 Å². The summed E-state index contributed by atoms with van der Waals surface area (Å²) in [6, 6.07) is -3.24. The number of aliphatic hydroxyl groups is 13. The van der Waals surface area contributed by atoms with Gasteiger partial charge in [0.1, 0.15) is 79.4 Å². The van der Waals surface area contributed by atoms with Crippen molar-refractivity contribution >= 4 is 17.8 Å². The quantitative estimate of drug-likeness (QED) is 0.0610. The Balaban J connectivity index is 1.95. The van der Waals surface area contributed by atoms with Gasteiger partial charge in [-0.15, -0.1) is 0 Å². The van der Waals surface area contributed by atoms with Crippen LogP contribution >= 0.6 is 0 Å². The predicted octanol–water partition coefficient (Wildman–Crippen LogP) is -9.59. The number of aliphatic hydroxyl groups excluding tert-OH is 13. The fourth-order valence-corrected chi connectivity index (χ4v) is 6.47. The van der Waals surface area contributed by atoms with Crippen molar-refractivity contribution < 1.29 is 114 Å². The van der Waals surface area contributed by atoms with E-state index in [1.165, 1.54) is 6.92 Å². The Labute approximate surface area is 318 Å². The van der Waals surface area contributed by atoms with Gasteiger partial charge in [0.15, 0.2) is 12.6 Å². The lowest BCUT2D eigenvalue weighted by Gasteiger charge is -2.47. The van der Waals surface area contributed by atoms with Crippen molar-refractivity contribution in [3.63, 3.8) is 0 Å². The van der Waals surface area contributed by atoms with Crippen molar-refractivity contribution in [2.24, 2.45) is 0 Å². The minimum absolute atomic E-state index is 0.769. The number of carbonyl (C=O) groups is 3. The van der Waals surface area contributed by atoms with E-state index in [0.717, 1.165) is 13.8 Å². The van der Waals surface area contributed by atoms with E-state index in [1.54, 1.807) is 0 Å². The van der Waals surface area contributed by atoms with Gasteiger partial charge in [-0.25, -0.2) is 4.79 Å². The first kappa shape index (κ1) is 48.0. The topological polar surface area (TPSA) is 414 Å². The Kier molecular flexibility index (Phi) is 17.6. The fraction of sp³-hybridized carbons (Fsp3) is 0.903. The van der Waals surface area contributed by atoms with Crippen LogP contribution in [-0.4, -0.2) is 238 Å². The number of hydrogen-bond donors (Lipinski definition) is 16. The Morgan fingerprint density at radius 2 is 1.46 bits per heavy atom. The molecule has 3 heterocycles. The normalized spacial score (nSPS) is 39.8. The zero-order chi connectivity index (χ0) is 42.4. The Morgan fingerprint density at radius 1 is 0.821 bits per heavy atom. The first-order valence-electron chi connectivity index (χ1n) is 17.5. The zero-order valence-corrected chi connectivity index (χ0v) is 30.4. The van der Waals surface area contributed by atoms with Crippen LogP contribution in [0.15, 0.2) is 0 Å².